The van der Waals surface area contributed by atoms with Crippen LogP contribution < -0.4 is 0 Å². The van der Waals surface area contributed by atoms with Gasteiger partial charge in [0.1, 0.15) is 0 Å². The van der Waals surface area contributed by atoms with Gasteiger partial charge in [-0.2, -0.15) is 4.31 Å². The number of amides is 1. The van der Waals surface area contributed by atoms with Crippen molar-refractivity contribution < 1.29 is 17.6 Å². The third-order valence-electron chi connectivity index (χ3n) is 3.69. The van der Waals surface area contributed by atoms with E-state index in [9.17, 15) is 13.2 Å². The fraction of sp³-hybridized carbons (Fsp3) is 0.357. The van der Waals surface area contributed by atoms with E-state index in [0.29, 0.717) is 10.9 Å². The predicted molar refractivity (Wildman–Crippen MR) is 85.1 cm³/mol. The van der Waals surface area contributed by atoms with Gasteiger partial charge < -0.3 is 9.32 Å². The lowest BCUT2D eigenvalue weighted by molar-refractivity contribution is 0.0656. The third-order valence-corrected chi connectivity index (χ3v) is 5.85. The molecule has 0 N–H and O–H groups in total. The number of hydrogen-bond donors (Lipinski definition) is 0. The van der Waals surface area contributed by atoms with Gasteiger partial charge >= 0.3 is 11.8 Å². The number of nitrogens with zero attached hydrogens (tertiary/aromatic N) is 4. The average molecular weight is 371 g/mol. The summed E-state index contributed by atoms with van der Waals surface area (Å²) >= 11 is 5.79. The lowest BCUT2D eigenvalue weighted by atomic mass is 10.3. The smallest absolute Gasteiger partial charge is 0.311 e. The summed E-state index contributed by atoms with van der Waals surface area (Å²) in [6, 6.07) is 6.01. The van der Waals surface area contributed by atoms with Crippen molar-refractivity contribution in [2.45, 2.75) is 11.8 Å². The molecule has 1 aromatic carbocycles. The Bertz CT molecular complexity index is 842. The van der Waals surface area contributed by atoms with Crippen LogP contribution in [0.15, 0.2) is 33.6 Å². The topological polar surface area (TPSA) is 96.6 Å². The van der Waals surface area contributed by atoms with E-state index < -0.39 is 10.0 Å². The summed E-state index contributed by atoms with van der Waals surface area (Å²) in [7, 11) is -3.60. The van der Waals surface area contributed by atoms with Gasteiger partial charge in [-0.3, -0.25) is 4.79 Å². The van der Waals surface area contributed by atoms with E-state index in [1.54, 1.807) is 6.92 Å². The molecule has 1 amide bonds. The normalized spacial score (nSPS) is 16.3. The Balaban J connectivity index is 1.68. The van der Waals surface area contributed by atoms with Crippen molar-refractivity contribution in [2.24, 2.45) is 0 Å². The fourth-order valence-corrected chi connectivity index (χ4v) is 3.95. The first-order valence-corrected chi connectivity index (χ1v) is 9.05. The van der Waals surface area contributed by atoms with E-state index in [-0.39, 0.29) is 42.9 Å². The molecule has 10 heteroatoms. The molecular weight excluding hydrogens is 356 g/mol. The lowest BCUT2D eigenvalue weighted by Gasteiger charge is -2.33. The molecule has 24 heavy (non-hydrogen) atoms. The van der Waals surface area contributed by atoms with Crippen molar-refractivity contribution in [3.8, 4) is 0 Å². The number of halogens is 1. The van der Waals surface area contributed by atoms with Crippen LogP contribution in [0.1, 0.15) is 16.6 Å². The monoisotopic (exact) mass is 370 g/mol. The number of aromatic nitrogens is 2. The lowest BCUT2D eigenvalue weighted by Crippen LogP contribution is -2.50. The Hall–Kier alpha value is -1.97. The van der Waals surface area contributed by atoms with Crippen LogP contribution in [0.3, 0.4) is 0 Å². The summed E-state index contributed by atoms with van der Waals surface area (Å²) in [4.78, 5) is 13.9. The highest BCUT2D eigenvalue weighted by molar-refractivity contribution is 7.89. The Morgan fingerprint density at radius 2 is 1.75 bits per heavy atom. The van der Waals surface area contributed by atoms with E-state index in [1.165, 1.54) is 33.5 Å². The maximum absolute atomic E-state index is 12.6. The predicted octanol–water partition coefficient (Wildman–Crippen LogP) is 1.18. The van der Waals surface area contributed by atoms with Gasteiger partial charge in [-0.15, -0.1) is 10.2 Å². The van der Waals surface area contributed by atoms with Crippen LogP contribution >= 0.6 is 11.6 Å². The molecule has 8 nitrogen and oxygen atoms in total. The maximum atomic E-state index is 12.6. The van der Waals surface area contributed by atoms with Gasteiger partial charge in [0, 0.05) is 38.1 Å². The molecule has 0 spiro atoms. The molecule has 2 heterocycles. The highest BCUT2D eigenvalue weighted by Gasteiger charge is 2.31. The molecule has 0 bridgehead atoms. The van der Waals surface area contributed by atoms with Crippen LogP contribution in [-0.4, -0.2) is 59.9 Å². The second-order valence-electron chi connectivity index (χ2n) is 5.28. The highest BCUT2D eigenvalue weighted by Crippen LogP contribution is 2.20. The Kier molecular flexibility index (Phi) is 4.57. The van der Waals surface area contributed by atoms with Crippen molar-refractivity contribution >= 4 is 27.5 Å². The molecule has 0 atom stereocenters. The fourth-order valence-electron chi connectivity index (χ4n) is 2.41. The zero-order chi connectivity index (χ0) is 17.3. The first kappa shape index (κ1) is 16.9. The molecule has 128 valence electrons. The summed E-state index contributed by atoms with van der Waals surface area (Å²) in [5.41, 5.74) is 0. The van der Waals surface area contributed by atoms with Crippen molar-refractivity contribution in [1.82, 2.24) is 19.4 Å². The minimum Gasteiger partial charge on any atom is -0.417 e. The van der Waals surface area contributed by atoms with Crippen LogP contribution in [0, 0.1) is 6.92 Å². The van der Waals surface area contributed by atoms with E-state index >= 15 is 0 Å². The van der Waals surface area contributed by atoms with Crippen LogP contribution in [0.4, 0.5) is 0 Å². The molecule has 3 rings (SSSR count). The third kappa shape index (κ3) is 3.28. The summed E-state index contributed by atoms with van der Waals surface area (Å²) in [5, 5.41) is 7.79. The average Bonchev–Trinajstić information content (AvgIpc) is 3.01. The minimum atomic E-state index is -3.60. The number of sulfonamides is 1. The van der Waals surface area contributed by atoms with E-state index in [0.717, 1.165) is 0 Å². The molecule has 1 fully saturated rings. The number of carbonyl (C=O) groups is 1. The Morgan fingerprint density at radius 1 is 1.12 bits per heavy atom. The number of benzene rings is 1. The molecule has 1 aliphatic rings. The SMILES string of the molecule is Cc1nnc(C(=O)N2CCN(S(=O)(=O)c3ccc(Cl)cc3)CC2)o1. The standard InChI is InChI=1S/C14H15ClN4O4S/c1-10-16-17-13(23-10)14(20)18-6-8-19(9-7-18)24(21,22)12-4-2-11(15)3-5-12/h2-5H,6-9H2,1H3. The van der Waals surface area contributed by atoms with Crippen molar-refractivity contribution in [1.29, 1.82) is 0 Å². The number of rotatable bonds is 3. The van der Waals surface area contributed by atoms with Gasteiger partial charge in [0.15, 0.2) is 0 Å². The zero-order valence-corrected chi connectivity index (χ0v) is 14.4. The van der Waals surface area contributed by atoms with Gasteiger partial charge in [-0.25, -0.2) is 8.42 Å². The molecule has 0 saturated carbocycles. The van der Waals surface area contributed by atoms with E-state index in [4.69, 9.17) is 16.0 Å². The first-order chi connectivity index (χ1) is 11.4. The molecule has 0 unspecified atom stereocenters. The van der Waals surface area contributed by atoms with Gasteiger partial charge in [-0.1, -0.05) is 11.6 Å². The van der Waals surface area contributed by atoms with Crippen molar-refractivity contribution in [3.63, 3.8) is 0 Å². The molecule has 0 aliphatic carbocycles. The van der Waals surface area contributed by atoms with E-state index in [1.807, 2.05) is 0 Å². The molecule has 1 aromatic heterocycles. The largest absolute Gasteiger partial charge is 0.417 e. The summed E-state index contributed by atoms with van der Waals surface area (Å²) < 4.78 is 31.6. The number of aryl methyl sites for hydroxylation is 1. The summed E-state index contributed by atoms with van der Waals surface area (Å²) in [5.74, 6) is -0.164. The van der Waals surface area contributed by atoms with Crippen LogP contribution in [0.25, 0.3) is 0 Å². The number of piperazine rings is 1. The molecule has 1 aliphatic heterocycles. The highest BCUT2D eigenvalue weighted by atomic mass is 35.5. The Morgan fingerprint density at radius 3 is 2.29 bits per heavy atom. The quantitative estimate of drug-likeness (QED) is 0.804. The van der Waals surface area contributed by atoms with Gasteiger partial charge in [0.05, 0.1) is 4.90 Å². The second-order valence-corrected chi connectivity index (χ2v) is 7.65. The summed E-state index contributed by atoms with van der Waals surface area (Å²) in [6.07, 6.45) is 0. The van der Waals surface area contributed by atoms with Crippen molar-refractivity contribution in [2.75, 3.05) is 26.2 Å². The van der Waals surface area contributed by atoms with Crippen LogP contribution in [-0.2, 0) is 10.0 Å². The molecular formula is C14H15ClN4O4S. The molecule has 0 radical (unpaired) electrons. The number of carbonyl (C=O) groups excluding carboxylic acids is 1. The minimum absolute atomic E-state index is 0.0819. The second kappa shape index (κ2) is 6.50. The van der Waals surface area contributed by atoms with Crippen LogP contribution in [0.2, 0.25) is 5.02 Å². The van der Waals surface area contributed by atoms with Gasteiger partial charge in [-0.05, 0) is 24.3 Å². The first-order valence-electron chi connectivity index (χ1n) is 7.23. The molecule has 1 saturated heterocycles. The maximum Gasteiger partial charge on any atom is 0.311 e. The summed E-state index contributed by atoms with van der Waals surface area (Å²) in [6.45, 7) is 2.51. The van der Waals surface area contributed by atoms with Gasteiger partial charge in [0.25, 0.3) is 0 Å². The van der Waals surface area contributed by atoms with E-state index in [2.05, 4.69) is 10.2 Å². The Labute approximate surface area is 144 Å². The van der Waals surface area contributed by atoms with Gasteiger partial charge in [0.2, 0.25) is 15.9 Å². The van der Waals surface area contributed by atoms with Crippen LogP contribution in [0.5, 0.6) is 0 Å². The molecule has 2 aromatic rings. The number of hydrogen-bond acceptors (Lipinski definition) is 6. The zero-order valence-electron chi connectivity index (χ0n) is 12.8. The van der Waals surface area contributed by atoms with Crippen molar-refractivity contribution in [3.05, 3.63) is 41.1 Å².